The van der Waals surface area contributed by atoms with Crippen LogP contribution in [0.15, 0.2) is 42.6 Å². The molecule has 28 heavy (non-hydrogen) atoms. The van der Waals surface area contributed by atoms with Crippen LogP contribution in [0.2, 0.25) is 0 Å². The van der Waals surface area contributed by atoms with Crippen molar-refractivity contribution in [2.24, 2.45) is 0 Å². The van der Waals surface area contributed by atoms with E-state index in [9.17, 15) is 14.4 Å². The molecule has 1 aliphatic rings. The molecule has 1 aliphatic heterocycles. The highest BCUT2D eigenvalue weighted by Gasteiger charge is 2.18. The van der Waals surface area contributed by atoms with E-state index in [0.29, 0.717) is 38.3 Å². The van der Waals surface area contributed by atoms with Crippen LogP contribution in [0.4, 0.5) is 4.79 Å². The van der Waals surface area contributed by atoms with E-state index in [1.165, 1.54) is 6.92 Å². The standard InChI is InChI=1S/C20H23N5O3/c1-14(26)23-12-15-5-6-18(24-13-15)16-3-2-4-17(11-16)19(27)21-7-9-25-10-8-22-20(25)28/h2-6,11,13H,7-10,12H2,1H3,(H,21,27)(H,22,28)(H,23,26). The van der Waals surface area contributed by atoms with E-state index in [1.807, 2.05) is 24.3 Å². The Morgan fingerprint density at radius 1 is 1.21 bits per heavy atom. The minimum Gasteiger partial charge on any atom is -0.352 e. The topological polar surface area (TPSA) is 103 Å². The summed E-state index contributed by atoms with van der Waals surface area (Å²) in [4.78, 5) is 41.0. The van der Waals surface area contributed by atoms with E-state index in [1.54, 1.807) is 23.2 Å². The van der Waals surface area contributed by atoms with Crippen LogP contribution in [0.25, 0.3) is 11.3 Å². The van der Waals surface area contributed by atoms with Crippen molar-refractivity contribution in [3.05, 3.63) is 53.7 Å². The minimum atomic E-state index is -0.191. The van der Waals surface area contributed by atoms with Crippen LogP contribution in [0.1, 0.15) is 22.8 Å². The van der Waals surface area contributed by atoms with Crippen molar-refractivity contribution in [3.8, 4) is 11.3 Å². The number of nitrogens with one attached hydrogen (secondary N) is 3. The highest BCUT2D eigenvalue weighted by Crippen LogP contribution is 2.18. The lowest BCUT2D eigenvalue weighted by Gasteiger charge is -2.14. The predicted octanol–water partition coefficient (Wildman–Crippen LogP) is 1.14. The van der Waals surface area contributed by atoms with Gasteiger partial charge in [0.2, 0.25) is 5.91 Å². The van der Waals surface area contributed by atoms with Crippen molar-refractivity contribution >= 4 is 17.8 Å². The average Bonchev–Trinajstić information content (AvgIpc) is 3.11. The molecule has 1 saturated heterocycles. The van der Waals surface area contributed by atoms with Gasteiger partial charge in [-0.05, 0) is 23.8 Å². The molecule has 0 spiro atoms. The fraction of sp³-hybridized carbons (Fsp3) is 0.300. The van der Waals surface area contributed by atoms with Crippen LogP contribution in [0.5, 0.6) is 0 Å². The lowest BCUT2D eigenvalue weighted by Crippen LogP contribution is -2.36. The van der Waals surface area contributed by atoms with Gasteiger partial charge in [0.05, 0.1) is 5.69 Å². The van der Waals surface area contributed by atoms with E-state index in [2.05, 4.69) is 20.9 Å². The van der Waals surface area contributed by atoms with Crippen LogP contribution < -0.4 is 16.0 Å². The molecule has 1 aromatic carbocycles. The third-order valence-electron chi connectivity index (χ3n) is 4.40. The van der Waals surface area contributed by atoms with Gasteiger partial charge < -0.3 is 20.9 Å². The van der Waals surface area contributed by atoms with Crippen molar-refractivity contribution in [3.63, 3.8) is 0 Å². The molecular formula is C20H23N5O3. The predicted molar refractivity (Wildman–Crippen MR) is 104 cm³/mol. The van der Waals surface area contributed by atoms with Crippen LogP contribution in [0.3, 0.4) is 0 Å². The number of aromatic nitrogens is 1. The number of carbonyl (C=O) groups excluding carboxylic acids is 3. The number of urea groups is 1. The summed E-state index contributed by atoms with van der Waals surface area (Å²) < 4.78 is 0. The van der Waals surface area contributed by atoms with Crippen molar-refractivity contribution in [2.45, 2.75) is 13.5 Å². The zero-order chi connectivity index (χ0) is 19.9. The Labute approximate surface area is 163 Å². The molecule has 0 atom stereocenters. The molecule has 2 heterocycles. The summed E-state index contributed by atoms with van der Waals surface area (Å²) in [5.41, 5.74) is 3.01. The largest absolute Gasteiger partial charge is 0.352 e. The van der Waals surface area contributed by atoms with Gasteiger partial charge in [0, 0.05) is 57.0 Å². The molecule has 3 rings (SSSR count). The number of amides is 4. The van der Waals surface area contributed by atoms with Gasteiger partial charge in [-0.25, -0.2) is 4.79 Å². The molecule has 0 radical (unpaired) electrons. The highest BCUT2D eigenvalue weighted by atomic mass is 16.2. The van der Waals surface area contributed by atoms with Crippen molar-refractivity contribution in [1.29, 1.82) is 0 Å². The number of rotatable bonds is 7. The second-order valence-corrected chi connectivity index (χ2v) is 6.52. The first-order chi connectivity index (χ1) is 13.5. The minimum absolute atomic E-state index is 0.0897. The van der Waals surface area contributed by atoms with Gasteiger partial charge in [0.1, 0.15) is 0 Å². The second-order valence-electron chi connectivity index (χ2n) is 6.52. The molecule has 1 fully saturated rings. The first-order valence-corrected chi connectivity index (χ1v) is 9.14. The van der Waals surface area contributed by atoms with E-state index in [-0.39, 0.29) is 17.8 Å². The van der Waals surface area contributed by atoms with E-state index >= 15 is 0 Å². The Kier molecular flexibility index (Phi) is 6.21. The van der Waals surface area contributed by atoms with Crippen LogP contribution >= 0.6 is 0 Å². The Balaban J connectivity index is 1.59. The van der Waals surface area contributed by atoms with E-state index in [0.717, 1.165) is 16.8 Å². The molecule has 4 amide bonds. The smallest absolute Gasteiger partial charge is 0.317 e. The van der Waals surface area contributed by atoms with Gasteiger partial charge in [-0.15, -0.1) is 0 Å². The molecule has 0 saturated carbocycles. The molecule has 1 aromatic heterocycles. The SMILES string of the molecule is CC(=O)NCc1ccc(-c2cccc(C(=O)NCCN3CCNC3=O)c2)nc1. The Bertz CT molecular complexity index is 866. The Hall–Kier alpha value is -3.42. The van der Waals surface area contributed by atoms with Crippen LogP contribution in [-0.2, 0) is 11.3 Å². The van der Waals surface area contributed by atoms with Crippen molar-refractivity contribution in [1.82, 2.24) is 25.8 Å². The second kappa shape index (κ2) is 8.98. The quantitative estimate of drug-likeness (QED) is 0.669. The monoisotopic (exact) mass is 381 g/mol. The molecule has 0 unspecified atom stereocenters. The fourth-order valence-electron chi connectivity index (χ4n) is 2.88. The molecule has 0 bridgehead atoms. The summed E-state index contributed by atoms with van der Waals surface area (Å²) in [6.07, 6.45) is 1.71. The number of pyridine rings is 1. The van der Waals surface area contributed by atoms with E-state index in [4.69, 9.17) is 0 Å². The maximum atomic E-state index is 12.4. The molecule has 146 valence electrons. The zero-order valence-corrected chi connectivity index (χ0v) is 15.7. The van der Waals surface area contributed by atoms with Gasteiger partial charge in [-0.3, -0.25) is 14.6 Å². The Morgan fingerprint density at radius 2 is 2.07 bits per heavy atom. The van der Waals surface area contributed by atoms with Gasteiger partial charge in [-0.1, -0.05) is 18.2 Å². The third kappa shape index (κ3) is 5.06. The summed E-state index contributed by atoms with van der Waals surface area (Å²) in [7, 11) is 0. The lowest BCUT2D eigenvalue weighted by molar-refractivity contribution is -0.119. The van der Waals surface area contributed by atoms with Gasteiger partial charge >= 0.3 is 6.03 Å². The van der Waals surface area contributed by atoms with Gasteiger partial charge in [0.15, 0.2) is 0 Å². The summed E-state index contributed by atoms with van der Waals surface area (Å²) >= 11 is 0. The van der Waals surface area contributed by atoms with Crippen molar-refractivity contribution < 1.29 is 14.4 Å². The molecule has 8 nitrogen and oxygen atoms in total. The summed E-state index contributed by atoms with van der Waals surface area (Å²) in [5.74, 6) is -0.281. The number of benzene rings is 1. The van der Waals surface area contributed by atoms with Crippen molar-refractivity contribution in [2.75, 3.05) is 26.2 Å². The summed E-state index contributed by atoms with van der Waals surface area (Å²) in [5, 5.41) is 8.30. The van der Waals surface area contributed by atoms with E-state index < -0.39 is 0 Å². The molecule has 0 aliphatic carbocycles. The number of nitrogens with zero attached hydrogens (tertiary/aromatic N) is 2. The van der Waals surface area contributed by atoms with Crippen LogP contribution in [0, 0.1) is 0 Å². The number of hydrogen-bond acceptors (Lipinski definition) is 4. The van der Waals surface area contributed by atoms with Gasteiger partial charge in [-0.2, -0.15) is 0 Å². The average molecular weight is 381 g/mol. The fourth-order valence-corrected chi connectivity index (χ4v) is 2.88. The number of carbonyl (C=O) groups is 3. The summed E-state index contributed by atoms with van der Waals surface area (Å²) in [6, 6.07) is 10.9. The third-order valence-corrected chi connectivity index (χ3v) is 4.40. The lowest BCUT2D eigenvalue weighted by atomic mass is 10.1. The normalized spacial score (nSPS) is 13.2. The molecule has 8 heteroatoms. The first-order valence-electron chi connectivity index (χ1n) is 9.14. The number of hydrogen-bond donors (Lipinski definition) is 3. The Morgan fingerprint density at radius 3 is 2.75 bits per heavy atom. The zero-order valence-electron chi connectivity index (χ0n) is 15.7. The summed E-state index contributed by atoms with van der Waals surface area (Å²) in [6.45, 7) is 4.08. The first kappa shape index (κ1) is 19.3. The molecular weight excluding hydrogens is 358 g/mol. The molecule has 2 aromatic rings. The van der Waals surface area contributed by atoms with Crippen LogP contribution in [-0.4, -0.2) is 53.9 Å². The van der Waals surface area contributed by atoms with Gasteiger partial charge in [0.25, 0.3) is 5.91 Å². The molecule has 3 N–H and O–H groups in total. The maximum absolute atomic E-state index is 12.4. The highest BCUT2D eigenvalue weighted by molar-refractivity contribution is 5.95. The maximum Gasteiger partial charge on any atom is 0.317 e.